The summed E-state index contributed by atoms with van der Waals surface area (Å²) in [4.78, 5) is 34.5. The number of amides is 2. The minimum absolute atomic E-state index is 0.0114. The Bertz CT molecular complexity index is 1270. The molecule has 1 N–H and O–H groups in total. The minimum Gasteiger partial charge on any atom is -0.350 e. The fraction of sp³-hybridized carbons (Fsp3) is 0.414. The van der Waals surface area contributed by atoms with E-state index >= 15 is 0 Å². The van der Waals surface area contributed by atoms with Gasteiger partial charge in [-0.25, -0.2) is 4.98 Å². The average molecular weight is 488 g/mol. The molecule has 2 aromatic carbocycles. The summed E-state index contributed by atoms with van der Waals surface area (Å²) >= 11 is 1.57. The van der Waals surface area contributed by atoms with E-state index in [1.54, 1.807) is 11.3 Å². The number of rotatable bonds is 5. The monoisotopic (exact) mass is 487 g/mol. The van der Waals surface area contributed by atoms with Gasteiger partial charge >= 0.3 is 0 Å². The van der Waals surface area contributed by atoms with Crippen LogP contribution in [-0.2, 0) is 0 Å². The number of benzene rings is 2. The molecule has 2 amide bonds. The number of fused-ring (bicyclic) bond motifs is 1. The molecule has 3 aromatic rings. The van der Waals surface area contributed by atoms with Crippen LogP contribution in [0, 0.1) is 38.5 Å². The van der Waals surface area contributed by atoms with Crippen molar-refractivity contribution in [2.45, 2.75) is 46.6 Å². The predicted octanol–water partition coefficient (Wildman–Crippen LogP) is 5.65. The molecule has 3 unspecified atom stereocenters. The Morgan fingerprint density at radius 3 is 2.54 bits per heavy atom. The molecule has 0 bridgehead atoms. The van der Waals surface area contributed by atoms with Crippen LogP contribution in [0.25, 0.3) is 10.4 Å². The molecule has 1 aliphatic heterocycles. The van der Waals surface area contributed by atoms with E-state index in [2.05, 4.69) is 37.4 Å². The maximum atomic E-state index is 14.0. The summed E-state index contributed by atoms with van der Waals surface area (Å²) in [7, 11) is 0. The van der Waals surface area contributed by atoms with Crippen LogP contribution in [0.3, 0.4) is 0 Å². The zero-order valence-corrected chi connectivity index (χ0v) is 21.7. The molecule has 5 nitrogen and oxygen atoms in total. The van der Waals surface area contributed by atoms with Gasteiger partial charge in [-0.05, 0) is 69.1 Å². The van der Waals surface area contributed by atoms with Gasteiger partial charge in [-0.15, -0.1) is 11.3 Å². The van der Waals surface area contributed by atoms with Crippen LogP contribution < -0.4 is 5.32 Å². The van der Waals surface area contributed by atoms with Crippen molar-refractivity contribution >= 4 is 23.2 Å². The molecule has 2 fully saturated rings. The summed E-state index contributed by atoms with van der Waals surface area (Å²) in [5, 5.41) is 4.03. The smallest absolute Gasteiger partial charge is 0.274 e. The van der Waals surface area contributed by atoms with E-state index in [9.17, 15) is 9.59 Å². The first-order valence-corrected chi connectivity index (χ1v) is 13.3. The third-order valence-electron chi connectivity index (χ3n) is 7.54. The third-order valence-corrected chi connectivity index (χ3v) is 8.56. The van der Waals surface area contributed by atoms with E-state index in [1.165, 1.54) is 0 Å². The lowest BCUT2D eigenvalue weighted by molar-refractivity contribution is 0.0692. The van der Waals surface area contributed by atoms with Gasteiger partial charge in [0, 0.05) is 18.7 Å². The van der Waals surface area contributed by atoms with Gasteiger partial charge in [0.2, 0.25) is 0 Å². The molecular weight excluding hydrogens is 454 g/mol. The summed E-state index contributed by atoms with van der Waals surface area (Å²) < 4.78 is 0. The summed E-state index contributed by atoms with van der Waals surface area (Å²) in [5.74, 6) is 1.45. The molecular formula is C29H33N3O2S. The second-order valence-corrected chi connectivity index (χ2v) is 11.6. The second-order valence-electron chi connectivity index (χ2n) is 10.4. The van der Waals surface area contributed by atoms with Crippen LogP contribution in [0.1, 0.15) is 56.7 Å². The Kier molecular flexibility index (Phi) is 6.49. The zero-order chi connectivity index (χ0) is 24.7. The first-order valence-electron chi connectivity index (χ1n) is 12.5. The van der Waals surface area contributed by atoms with Gasteiger partial charge < -0.3 is 10.2 Å². The van der Waals surface area contributed by atoms with Crippen molar-refractivity contribution in [3.63, 3.8) is 0 Å². The molecule has 0 radical (unpaired) electrons. The number of nitrogens with one attached hydrogen (secondary N) is 1. The molecule has 1 saturated heterocycles. The highest BCUT2D eigenvalue weighted by Crippen LogP contribution is 2.45. The predicted molar refractivity (Wildman–Crippen MR) is 141 cm³/mol. The molecule has 2 aliphatic rings. The van der Waals surface area contributed by atoms with Crippen molar-refractivity contribution in [1.29, 1.82) is 0 Å². The molecule has 1 saturated carbocycles. The van der Waals surface area contributed by atoms with Crippen LogP contribution in [0.2, 0.25) is 0 Å². The lowest BCUT2D eigenvalue weighted by Crippen LogP contribution is -2.46. The largest absolute Gasteiger partial charge is 0.350 e. The number of aryl methyl sites for hydroxylation is 3. The Morgan fingerprint density at radius 1 is 1.06 bits per heavy atom. The molecule has 4 atom stereocenters. The van der Waals surface area contributed by atoms with Crippen LogP contribution >= 0.6 is 11.3 Å². The summed E-state index contributed by atoms with van der Waals surface area (Å²) in [6.07, 6.45) is 2.23. The number of likely N-dealkylation sites (tertiary alicyclic amines) is 1. The highest BCUT2D eigenvalue weighted by molar-refractivity contribution is 7.15. The third kappa shape index (κ3) is 4.76. The topological polar surface area (TPSA) is 62.3 Å². The van der Waals surface area contributed by atoms with Crippen molar-refractivity contribution in [1.82, 2.24) is 15.2 Å². The lowest BCUT2D eigenvalue weighted by Gasteiger charge is -2.28. The number of nitrogens with zero attached hydrogens (tertiary/aromatic N) is 2. The number of thiazole rings is 1. The number of aromatic nitrogens is 1. The van der Waals surface area contributed by atoms with Crippen LogP contribution in [-0.4, -0.2) is 40.8 Å². The van der Waals surface area contributed by atoms with Crippen molar-refractivity contribution in [2.24, 2.45) is 17.8 Å². The zero-order valence-electron chi connectivity index (χ0n) is 20.9. The summed E-state index contributed by atoms with van der Waals surface area (Å²) in [6.45, 7) is 9.51. The molecule has 182 valence electrons. The second kappa shape index (κ2) is 9.57. The molecule has 6 heteroatoms. The highest BCUT2D eigenvalue weighted by Gasteiger charge is 2.48. The molecule has 2 heterocycles. The van der Waals surface area contributed by atoms with Gasteiger partial charge in [-0.2, -0.15) is 0 Å². The Balaban J connectivity index is 1.41. The number of hydrogen-bond acceptors (Lipinski definition) is 4. The molecule has 35 heavy (non-hydrogen) atoms. The van der Waals surface area contributed by atoms with Crippen molar-refractivity contribution in [3.8, 4) is 10.4 Å². The Morgan fingerprint density at radius 2 is 1.80 bits per heavy atom. The van der Waals surface area contributed by atoms with E-state index in [1.807, 2.05) is 49.1 Å². The molecule has 1 aromatic heterocycles. The summed E-state index contributed by atoms with van der Waals surface area (Å²) in [6, 6.07) is 15.9. The Labute approximate surface area is 211 Å². The number of carbonyl (C=O) groups excluding carboxylic acids is 2. The van der Waals surface area contributed by atoms with E-state index in [4.69, 9.17) is 4.98 Å². The normalized spacial score (nSPS) is 23.4. The maximum Gasteiger partial charge on any atom is 0.274 e. The van der Waals surface area contributed by atoms with Gasteiger partial charge in [0.05, 0.1) is 15.9 Å². The Hall–Kier alpha value is -2.99. The SMILES string of the molecule is Cc1cccc(C(=O)NCC2[C@H]3CC(C)CC3CN2C(=O)c2nc(C)sc2-c2cccc(C)c2)c1. The minimum atomic E-state index is -0.0828. The number of hydrogen-bond donors (Lipinski definition) is 1. The van der Waals surface area contributed by atoms with Gasteiger partial charge in [-0.1, -0.05) is 54.4 Å². The van der Waals surface area contributed by atoms with Crippen molar-refractivity contribution in [3.05, 3.63) is 75.9 Å². The van der Waals surface area contributed by atoms with Crippen LogP contribution in [0.4, 0.5) is 0 Å². The maximum absolute atomic E-state index is 14.0. The van der Waals surface area contributed by atoms with Gasteiger partial charge in [-0.3, -0.25) is 9.59 Å². The van der Waals surface area contributed by atoms with Crippen LogP contribution in [0.15, 0.2) is 48.5 Å². The van der Waals surface area contributed by atoms with Gasteiger partial charge in [0.25, 0.3) is 11.8 Å². The quantitative estimate of drug-likeness (QED) is 0.506. The van der Waals surface area contributed by atoms with E-state index in [0.29, 0.717) is 35.6 Å². The van der Waals surface area contributed by atoms with Gasteiger partial charge in [0.1, 0.15) is 5.69 Å². The van der Waals surface area contributed by atoms with E-state index < -0.39 is 0 Å². The molecule has 5 rings (SSSR count). The average Bonchev–Trinajstić information content (AvgIpc) is 3.49. The molecule has 0 spiro atoms. The fourth-order valence-corrected chi connectivity index (χ4v) is 6.92. The van der Waals surface area contributed by atoms with Crippen LogP contribution in [0.5, 0.6) is 0 Å². The first kappa shape index (κ1) is 23.7. The number of carbonyl (C=O) groups is 2. The van der Waals surface area contributed by atoms with Crippen molar-refractivity contribution < 1.29 is 9.59 Å². The van der Waals surface area contributed by atoms with E-state index in [-0.39, 0.29) is 17.9 Å². The fourth-order valence-electron chi connectivity index (χ4n) is 6.02. The summed E-state index contributed by atoms with van der Waals surface area (Å²) in [5.41, 5.74) is 4.46. The standard InChI is InChI=1S/C29H33N3O2S/c1-17-7-5-9-21(11-17)27-26(31-20(4)35-27)29(34)32-16-23-13-19(3)14-24(23)25(32)15-30-28(33)22-10-6-8-18(2)12-22/h5-12,19,23-25H,13-16H2,1-4H3,(H,30,33)/t19?,23?,24-,25?/m0/s1. The van der Waals surface area contributed by atoms with Gasteiger partial charge in [0.15, 0.2) is 0 Å². The molecule has 1 aliphatic carbocycles. The lowest BCUT2D eigenvalue weighted by atomic mass is 9.93. The highest BCUT2D eigenvalue weighted by atomic mass is 32.1. The van der Waals surface area contributed by atoms with Crippen molar-refractivity contribution in [2.75, 3.05) is 13.1 Å². The van der Waals surface area contributed by atoms with E-state index in [0.717, 1.165) is 46.0 Å². The first-order chi connectivity index (χ1) is 16.8.